The quantitative estimate of drug-likeness (QED) is 0.298. The van der Waals surface area contributed by atoms with Crippen LogP contribution in [0, 0.1) is 0 Å². The number of amides is 1. The van der Waals surface area contributed by atoms with Gasteiger partial charge in [-0.3, -0.25) is 9.48 Å². The lowest BCUT2D eigenvalue weighted by atomic mass is 9.88. The number of fused-ring (bicyclic) bond motifs is 3. The number of aromatic nitrogens is 4. The van der Waals surface area contributed by atoms with Crippen molar-refractivity contribution < 1.29 is 19.0 Å². The molecule has 4 aromatic rings. The van der Waals surface area contributed by atoms with Crippen LogP contribution < -0.4 is 9.47 Å². The van der Waals surface area contributed by atoms with E-state index >= 15 is 0 Å². The molecular weight excluding hydrogens is 541 g/mol. The fraction of sp³-hybridized carbons (Fsp3) is 0.321. The van der Waals surface area contributed by atoms with Gasteiger partial charge in [0.05, 0.1) is 36.3 Å². The first-order chi connectivity index (χ1) is 18.7. The number of ether oxygens (including phenoxy) is 3. The number of morpholine rings is 1. The monoisotopic (exact) mass is 567 g/mol. The topological polar surface area (TPSA) is 83.6 Å². The molecule has 0 aliphatic carbocycles. The van der Waals surface area contributed by atoms with Crippen LogP contribution in [0.4, 0.5) is 0 Å². The Kier molecular flexibility index (Phi) is 6.32. The predicted octanol–water partition coefficient (Wildman–Crippen LogP) is 5.46. The molecule has 1 unspecified atom stereocenters. The van der Waals surface area contributed by atoms with E-state index in [0.29, 0.717) is 46.1 Å². The molecule has 2 aromatic carbocycles. The molecule has 9 nitrogen and oxygen atoms in total. The van der Waals surface area contributed by atoms with Crippen LogP contribution in [0.5, 0.6) is 11.5 Å². The van der Waals surface area contributed by atoms with Crippen molar-refractivity contribution in [3.05, 3.63) is 63.9 Å². The maximum atomic E-state index is 11.9. The first-order valence-corrected chi connectivity index (χ1v) is 13.2. The Labute approximate surface area is 235 Å². The van der Waals surface area contributed by atoms with Crippen molar-refractivity contribution in [3.8, 4) is 39.7 Å². The summed E-state index contributed by atoms with van der Waals surface area (Å²) in [5.41, 5.74) is 4.82. The normalized spacial score (nSPS) is 17.8. The smallest absolute Gasteiger partial charge is 0.210 e. The minimum atomic E-state index is -0.641. The molecule has 0 saturated carbocycles. The molecular formula is C28H27Cl2N5O4. The summed E-state index contributed by atoms with van der Waals surface area (Å²) in [5.74, 6) is 1.30. The summed E-state index contributed by atoms with van der Waals surface area (Å²) < 4.78 is 21.9. The third kappa shape index (κ3) is 4.25. The average Bonchev–Trinajstić information content (AvgIpc) is 3.51. The van der Waals surface area contributed by atoms with Crippen molar-refractivity contribution in [1.82, 2.24) is 24.5 Å². The van der Waals surface area contributed by atoms with Crippen LogP contribution in [0.2, 0.25) is 10.0 Å². The summed E-state index contributed by atoms with van der Waals surface area (Å²) in [6, 6.07) is 11.1. The minimum Gasteiger partial charge on any atom is -0.496 e. The molecule has 39 heavy (non-hydrogen) atoms. The molecule has 1 saturated heterocycles. The highest BCUT2D eigenvalue weighted by molar-refractivity contribution is 6.34. The van der Waals surface area contributed by atoms with E-state index < -0.39 is 11.6 Å². The maximum Gasteiger partial charge on any atom is 0.210 e. The lowest BCUT2D eigenvalue weighted by Gasteiger charge is -2.45. The predicted molar refractivity (Wildman–Crippen MR) is 148 cm³/mol. The second-order valence-electron chi connectivity index (χ2n) is 10.2. The van der Waals surface area contributed by atoms with Gasteiger partial charge in [0.25, 0.3) is 0 Å². The fourth-order valence-electron chi connectivity index (χ4n) is 5.40. The van der Waals surface area contributed by atoms with Gasteiger partial charge in [0.1, 0.15) is 29.9 Å². The van der Waals surface area contributed by atoms with Crippen LogP contribution in [-0.2, 0) is 23.2 Å². The van der Waals surface area contributed by atoms with E-state index in [9.17, 15) is 4.79 Å². The van der Waals surface area contributed by atoms with E-state index in [-0.39, 0.29) is 6.61 Å². The fourth-order valence-corrected chi connectivity index (χ4v) is 5.92. The number of methoxy groups -OCH3 is 1. The molecule has 2 aliphatic heterocycles. The summed E-state index contributed by atoms with van der Waals surface area (Å²) in [7, 11) is 3.49. The lowest BCUT2D eigenvalue weighted by Crippen LogP contribution is -2.54. The molecule has 6 rings (SSSR count). The van der Waals surface area contributed by atoms with Crippen molar-refractivity contribution in [2.45, 2.75) is 32.1 Å². The third-order valence-electron chi connectivity index (χ3n) is 7.40. The Morgan fingerprint density at radius 3 is 2.54 bits per heavy atom. The number of nitrogens with zero attached hydrogens (tertiary/aromatic N) is 5. The summed E-state index contributed by atoms with van der Waals surface area (Å²) in [4.78, 5) is 13.7. The Hall–Kier alpha value is -3.53. The van der Waals surface area contributed by atoms with Crippen molar-refractivity contribution in [2.75, 3.05) is 20.3 Å². The second-order valence-corrected chi connectivity index (χ2v) is 11.0. The van der Waals surface area contributed by atoms with Crippen LogP contribution >= 0.6 is 23.2 Å². The van der Waals surface area contributed by atoms with Crippen LogP contribution in [0.1, 0.15) is 31.2 Å². The molecule has 0 radical (unpaired) electrons. The van der Waals surface area contributed by atoms with Gasteiger partial charge in [-0.25, -0.2) is 4.68 Å². The Balaban J connectivity index is 1.62. The molecule has 4 heterocycles. The molecule has 0 spiro atoms. The molecule has 1 fully saturated rings. The van der Waals surface area contributed by atoms with E-state index in [2.05, 4.69) is 5.10 Å². The van der Waals surface area contributed by atoms with E-state index in [1.807, 2.05) is 62.1 Å². The van der Waals surface area contributed by atoms with Crippen LogP contribution in [-0.4, -0.2) is 56.7 Å². The van der Waals surface area contributed by atoms with E-state index in [1.54, 1.807) is 22.8 Å². The highest BCUT2D eigenvalue weighted by atomic mass is 35.5. The Morgan fingerprint density at radius 2 is 1.87 bits per heavy atom. The van der Waals surface area contributed by atoms with Gasteiger partial charge in [0.2, 0.25) is 6.41 Å². The molecule has 0 bridgehead atoms. The molecule has 2 aliphatic rings. The number of carbonyl (C=O) groups is 1. The first-order valence-electron chi connectivity index (χ1n) is 12.5. The van der Waals surface area contributed by atoms with Crippen LogP contribution in [0.25, 0.3) is 28.2 Å². The second kappa shape index (κ2) is 9.59. The Morgan fingerprint density at radius 1 is 1.10 bits per heavy atom. The molecule has 2 aromatic heterocycles. The summed E-state index contributed by atoms with van der Waals surface area (Å²) >= 11 is 12.8. The SMILES string of the molecule is COc1cc2c(cc1-c1ccn(C)n1)-c1c(c(C3OCCN(C=O)C3(C)C)nn1-c1cc(Cl)cc(Cl)c1)CO2. The number of benzene rings is 2. The molecule has 11 heteroatoms. The van der Waals surface area contributed by atoms with Gasteiger partial charge in [-0.1, -0.05) is 23.2 Å². The zero-order valence-electron chi connectivity index (χ0n) is 21.9. The number of rotatable bonds is 5. The van der Waals surface area contributed by atoms with Gasteiger partial charge in [-0.15, -0.1) is 0 Å². The number of aryl methyl sites for hydroxylation is 1. The molecule has 1 atom stereocenters. The summed E-state index contributed by atoms with van der Waals surface area (Å²) in [6.45, 7) is 5.13. The maximum absolute atomic E-state index is 11.9. The van der Waals surface area contributed by atoms with Crippen molar-refractivity contribution >= 4 is 29.6 Å². The zero-order valence-corrected chi connectivity index (χ0v) is 23.5. The molecule has 0 N–H and O–H groups in total. The van der Waals surface area contributed by atoms with Gasteiger partial charge < -0.3 is 19.1 Å². The highest BCUT2D eigenvalue weighted by Crippen LogP contribution is 2.48. The number of hydrogen-bond donors (Lipinski definition) is 0. The van der Waals surface area contributed by atoms with Crippen molar-refractivity contribution in [2.24, 2.45) is 7.05 Å². The van der Waals surface area contributed by atoms with Crippen LogP contribution in [0.3, 0.4) is 0 Å². The number of hydrogen-bond acceptors (Lipinski definition) is 6. The third-order valence-corrected chi connectivity index (χ3v) is 7.84. The van der Waals surface area contributed by atoms with Gasteiger partial charge in [-0.05, 0) is 44.2 Å². The summed E-state index contributed by atoms with van der Waals surface area (Å²) in [6.07, 6.45) is 2.26. The van der Waals surface area contributed by atoms with E-state index in [4.69, 9.17) is 42.5 Å². The Bertz CT molecular complexity index is 1570. The first kappa shape index (κ1) is 25.7. The molecule has 202 valence electrons. The van der Waals surface area contributed by atoms with Gasteiger partial charge in [0.15, 0.2) is 0 Å². The molecule has 1 amide bonds. The lowest BCUT2D eigenvalue weighted by molar-refractivity contribution is -0.147. The van der Waals surface area contributed by atoms with Gasteiger partial charge >= 0.3 is 0 Å². The minimum absolute atomic E-state index is 0.259. The van der Waals surface area contributed by atoms with Gasteiger partial charge in [0, 0.05) is 52.6 Å². The van der Waals surface area contributed by atoms with Crippen molar-refractivity contribution in [1.29, 1.82) is 0 Å². The van der Waals surface area contributed by atoms with Crippen LogP contribution in [0.15, 0.2) is 42.6 Å². The summed E-state index contributed by atoms with van der Waals surface area (Å²) in [5, 5.41) is 10.6. The average molecular weight is 568 g/mol. The standard InChI is InChI=1S/C28H27Cl2N5O4/c1-28(2)27(38-8-7-34(28)15-36)25-21-14-39-24-13-23(37-4)19(22-5-6-33(3)31-22)12-20(24)26(21)35(32-25)18-10-16(29)9-17(30)11-18/h5-6,9-13,15,27H,7-8,14H2,1-4H3. The number of carbonyl (C=O) groups excluding carboxylic acids is 1. The zero-order chi connectivity index (χ0) is 27.5. The van der Waals surface area contributed by atoms with E-state index in [1.165, 1.54) is 0 Å². The highest BCUT2D eigenvalue weighted by Gasteiger charge is 2.44. The van der Waals surface area contributed by atoms with E-state index in [0.717, 1.165) is 34.5 Å². The van der Waals surface area contributed by atoms with Gasteiger partial charge in [-0.2, -0.15) is 10.2 Å². The number of halogens is 2. The van der Waals surface area contributed by atoms with Crippen molar-refractivity contribution in [3.63, 3.8) is 0 Å². The largest absolute Gasteiger partial charge is 0.496 e.